The van der Waals surface area contributed by atoms with Crippen LogP contribution in [0.2, 0.25) is 0 Å². The third-order valence-electron chi connectivity index (χ3n) is 6.09. The van der Waals surface area contributed by atoms with Gasteiger partial charge in [0, 0.05) is 12.2 Å². The molecule has 0 spiro atoms. The first-order valence-electron chi connectivity index (χ1n) is 14.3. The van der Waals surface area contributed by atoms with E-state index in [4.69, 9.17) is 28.4 Å². The Kier molecular flexibility index (Phi) is 19.0. The van der Waals surface area contributed by atoms with Gasteiger partial charge in [0.05, 0.1) is 72.6 Å². The van der Waals surface area contributed by atoms with E-state index in [0.717, 1.165) is 17.1 Å². The monoisotopic (exact) mass is 549 g/mol. The molecule has 1 aliphatic rings. The number of ether oxygens (including phenoxy) is 6. The molecule has 0 fully saturated rings. The summed E-state index contributed by atoms with van der Waals surface area (Å²) in [6.45, 7) is 7.58. The van der Waals surface area contributed by atoms with Crippen LogP contribution in [0.4, 0.5) is 0 Å². The average molecular weight is 550 g/mol. The van der Waals surface area contributed by atoms with Gasteiger partial charge in [-0.05, 0) is 30.5 Å². The highest BCUT2D eigenvalue weighted by molar-refractivity contribution is 6.12. The maximum Gasteiger partial charge on any atom is 0.253 e. The molecule has 0 saturated carbocycles. The van der Waals surface area contributed by atoms with Crippen molar-refractivity contribution in [2.45, 2.75) is 51.9 Å². The van der Waals surface area contributed by atoms with Gasteiger partial charge in [0.25, 0.3) is 11.8 Å². The van der Waals surface area contributed by atoms with Gasteiger partial charge in [0.1, 0.15) is 12.4 Å². The third kappa shape index (κ3) is 16.4. The Bertz CT molecular complexity index is 781. The van der Waals surface area contributed by atoms with Crippen LogP contribution < -0.4 is 4.74 Å². The zero-order valence-corrected chi connectivity index (χ0v) is 23.6. The molecule has 0 radical (unpaired) electrons. The van der Waals surface area contributed by atoms with E-state index in [9.17, 15) is 9.59 Å². The number of aryl methyl sites for hydroxylation is 1. The number of amides is 2. The Morgan fingerprint density at radius 1 is 0.564 bits per heavy atom. The van der Waals surface area contributed by atoms with Crippen molar-refractivity contribution in [2.75, 3.05) is 79.2 Å². The molecule has 2 rings (SSSR count). The van der Waals surface area contributed by atoms with Gasteiger partial charge in [0.2, 0.25) is 0 Å². The first kappa shape index (κ1) is 32.9. The molecule has 0 saturated heterocycles. The molecule has 0 atom stereocenters. The fourth-order valence-electron chi connectivity index (χ4n) is 3.87. The maximum atomic E-state index is 11.4. The lowest BCUT2D eigenvalue weighted by Gasteiger charge is -2.13. The zero-order valence-electron chi connectivity index (χ0n) is 23.6. The maximum absolute atomic E-state index is 11.4. The van der Waals surface area contributed by atoms with Crippen LogP contribution in [0.5, 0.6) is 5.75 Å². The molecular weight excluding hydrogens is 502 g/mol. The predicted molar refractivity (Wildman–Crippen MR) is 149 cm³/mol. The minimum atomic E-state index is -0.297. The van der Waals surface area contributed by atoms with Gasteiger partial charge in [-0.15, -0.1) is 0 Å². The van der Waals surface area contributed by atoms with Crippen molar-refractivity contribution < 1.29 is 38.0 Å². The van der Waals surface area contributed by atoms with Crippen molar-refractivity contribution in [2.24, 2.45) is 0 Å². The SMILES string of the molecule is CCCCCCCCc1ccc(OCCOCCOCCOCCOCCOCCN2C(=O)C=CC2=O)cc1. The largest absolute Gasteiger partial charge is 0.491 e. The molecule has 0 aromatic heterocycles. The van der Waals surface area contributed by atoms with Crippen molar-refractivity contribution in [3.63, 3.8) is 0 Å². The second-order valence-electron chi connectivity index (χ2n) is 9.23. The molecule has 39 heavy (non-hydrogen) atoms. The number of unbranched alkanes of at least 4 members (excludes halogenated alkanes) is 5. The summed E-state index contributed by atoms with van der Waals surface area (Å²) in [7, 11) is 0. The quantitative estimate of drug-likeness (QED) is 0.127. The van der Waals surface area contributed by atoms with Crippen molar-refractivity contribution >= 4 is 11.8 Å². The number of carbonyl (C=O) groups is 2. The van der Waals surface area contributed by atoms with Crippen molar-refractivity contribution in [1.82, 2.24) is 4.90 Å². The minimum Gasteiger partial charge on any atom is -0.491 e. The van der Waals surface area contributed by atoms with Crippen molar-refractivity contribution in [3.8, 4) is 5.75 Å². The van der Waals surface area contributed by atoms with Gasteiger partial charge in [-0.3, -0.25) is 14.5 Å². The van der Waals surface area contributed by atoms with Crippen LogP contribution in [0.25, 0.3) is 0 Å². The molecule has 9 nitrogen and oxygen atoms in total. The standard InChI is InChI=1S/C30H47NO8/c1-2-3-4-5-6-7-8-27-9-11-28(12-10-27)39-26-25-38-24-23-37-22-21-36-20-19-35-18-17-34-16-15-31-29(32)13-14-30(31)33/h9-14H,2-8,15-26H2,1H3. The Balaban J connectivity index is 1.27. The summed E-state index contributed by atoms with van der Waals surface area (Å²) in [4.78, 5) is 23.9. The zero-order chi connectivity index (χ0) is 27.8. The van der Waals surface area contributed by atoms with Gasteiger partial charge >= 0.3 is 0 Å². The summed E-state index contributed by atoms with van der Waals surface area (Å²) in [5, 5.41) is 0. The first-order chi connectivity index (χ1) is 19.2. The summed E-state index contributed by atoms with van der Waals surface area (Å²) in [6, 6.07) is 8.39. The van der Waals surface area contributed by atoms with E-state index < -0.39 is 0 Å². The molecule has 2 amide bonds. The average Bonchev–Trinajstić information content (AvgIpc) is 3.27. The lowest BCUT2D eigenvalue weighted by Crippen LogP contribution is -2.33. The van der Waals surface area contributed by atoms with E-state index in [1.807, 2.05) is 12.1 Å². The van der Waals surface area contributed by atoms with Gasteiger partial charge in [-0.2, -0.15) is 0 Å². The molecule has 220 valence electrons. The number of rotatable bonds is 26. The number of hydrogen-bond donors (Lipinski definition) is 0. The van der Waals surface area contributed by atoms with Crippen LogP contribution in [-0.4, -0.2) is 95.9 Å². The normalized spacial score (nSPS) is 13.1. The van der Waals surface area contributed by atoms with Crippen LogP contribution in [0.15, 0.2) is 36.4 Å². The van der Waals surface area contributed by atoms with E-state index in [1.165, 1.54) is 56.2 Å². The van der Waals surface area contributed by atoms with E-state index in [0.29, 0.717) is 72.7 Å². The van der Waals surface area contributed by atoms with Crippen molar-refractivity contribution in [1.29, 1.82) is 0 Å². The molecule has 0 aliphatic carbocycles. The Labute approximate surface area is 233 Å². The Morgan fingerprint density at radius 3 is 1.56 bits per heavy atom. The number of nitrogens with zero attached hydrogens (tertiary/aromatic N) is 1. The highest BCUT2D eigenvalue weighted by Crippen LogP contribution is 2.15. The second-order valence-corrected chi connectivity index (χ2v) is 9.23. The topological polar surface area (TPSA) is 92.8 Å². The molecule has 9 heteroatoms. The second kappa shape index (κ2) is 22.5. The molecule has 0 unspecified atom stereocenters. The lowest BCUT2D eigenvalue weighted by molar-refractivity contribution is -0.137. The molecule has 1 aromatic rings. The summed E-state index contributed by atoms with van der Waals surface area (Å²) in [5.74, 6) is 0.281. The molecule has 1 heterocycles. The Morgan fingerprint density at radius 2 is 1.03 bits per heavy atom. The van der Waals surface area contributed by atoms with E-state index in [1.54, 1.807) is 0 Å². The van der Waals surface area contributed by atoms with Gasteiger partial charge in [-0.25, -0.2) is 0 Å². The number of benzene rings is 1. The predicted octanol–water partition coefficient (Wildman–Crippen LogP) is 3.98. The summed E-state index contributed by atoms with van der Waals surface area (Å²) in [6.07, 6.45) is 11.6. The van der Waals surface area contributed by atoms with Crippen molar-refractivity contribution in [3.05, 3.63) is 42.0 Å². The van der Waals surface area contributed by atoms with Crippen LogP contribution >= 0.6 is 0 Å². The van der Waals surface area contributed by atoms with Crippen LogP contribution in [0.3, 0.4) is 0 Å². The molecule has 1 aromatic carbocycles. The smallest absolute Gasteiger partial charge is 0.253 e. The molecule has 0 bridgehead atoms. The summed E-state index contributed by atoms with van der Waals surface area (Å²) < 4.78 is 33.0. The van der Waals surface area contributed by atoms with E-state index in [-0.39, 0.29) is 18.4 Å². The lowest BCUT2D eigenvalue weighted by atomic mass is 10.0. The van der Waals surface area contributed by atoms with Gasteiger partial charge < -0.3 is 28.4 Å². The van der Waals surface area contributed by atoms with Crippen LogP contribution in [0.1, 0.15) is 51.0 Å². The van der Waals surface area contributed by atoms with Gasteiger partial charge in [-0.1, -0.05) is 51.2 Å². The van der Waals surface area contributed by atoms with E-state index >= 15 is 0 Å². The minimum absolute atomic E-state index is 0.250. The Hall–Kier alpha value is -2.30. The first-order valence-corrected chi connectivity index (χ1v) is 14.3. The molecule has 1 aliphatic heterocycles. The fraction of sp³-hybridized carbons (Fsp3) is 0.667. The van der Waals surface area contributed by atoms with E-state index in [2.05, 4.69) is 19.1 Å². The molecular formula is C30H47NO8. The van der Waals surface area contributed by atoms with Crippen LogP contribution in [0, 0.1) is 0 Å². The summed E-state index contributed by atoms with van der Waals surface area (Å²) >= 11 is 0. The fourth-order valence-corrected chi connectivity index (χ4v) is 3.87. The number of imide groups is 1. The number of hydrogen-bond acceptors (Lipinski definition) is 8. The highest BCUT2D eigenvalue weighted by Gasteiger charge is 2.22. The van der Waals surface area contributed by atoms with Crippen LogP contribution in [-0.2, 0) is 39.7 Å². The number of carbonyl (C=O) groups excluding carboxylic acids is 2. The summed E-state index contributed by atoms with van der Waals surface area (Å²) in [5.41, 5.74) is 1.37. The highest BCUT2D eigenvalue weighted by atomic mass is 16.6. The third-order valence-corrected chi connectivity index (χ3v) is 6.09. The van der Waals surface area contributed by atoms with Gasteiger partial charge in [0.15, 0.2) is 0 Å². The molecule has 0 N–H and O–H groups in total.